The van der Waals surface area contributed by atoms with E-state index in [0.717, 1.165) is 37.9 Å². The lowest BCUT2D eigenvalue weighted by Crippen LogP contribution is -2.45. The average Bonchev–Trinajstić information content (AvgIpc) is 2.46. The summed E-state index contributed by atoms with van der Waals surface area (Å²) in [6, 6.07) is 4.09. The highest BCUT2D eigenvalue weighted by Gasteiger charge is 2.18. The standard InChI is InChI=1S/C15H24N4/c1-13-6-10-19(11-7-13)15(16-2)18-9-5-14-4-3-8-17-12-14/h3-4,8,12-13H,5-7,9-11H2,1-2H3,(H,16,18). The fraction of sp³-hybridized carbons (Fsp3) is 0.600. The van der Waals surface area contributed by atoms with Gasteiger partial charge >= 0.3 is 0 Å². The monoisotopic (exact) mass is 260 g/mol. The Bertz CT molecular complexity index is 394. The van der Waals surface area contributed by atoms with Crippen molar-refractivity contribution in [3.63, 3.8) is 0 Å². The molecule has 1 aliphatic rings. The minimum absolute atomic E-state index is 0.852. The van der Waals surface area contributed by atoms with E-state index in [4.69, 9.17) is 0 Å². The summed E-state index contributed by atoms with van der Waals surface area (Å²) >= 11 is 0. The summed E-state index contributed by atoms with van der Waals surface area (Å²) in [5.41, 5.74) is 1.26. The quantitative estimate of drug-likeness (QED) is 0.667. The van der Waals surface area contributed by atoms with Gasteiger partial charge in [-0.05, 0) is 36.8 Å². The summed E-state index contributed by atoms with van der Waals surface area (Å²) in [7, 11) is 1.87. The van der Waals surface area contributed by atoms with Crippen LogP contribution in [0.25, 0.3) is 0 Å². The zero-order valence-corrected chi connectivity index (χ0v) is 12.0. The van der Waals surface area contributed by atoms with Crippen LogP contribution in [0.15, 0.2) is 29.5 Å². The van der Waals surface area contributed by atoms with Crippen LogP contribution in [0, 0.1) is 5.92 Å². The van der Waals surface area contributed by atoms with Crippen LogP contribution in [0.4, 0.5) is 0 Å². The maximum Gasteiger partial charge on any atom is 0.193 e. The molecule has 0 aromatic carbocycles. The average molecular weight is 260 g/mol. The van der Waals surface area contributed by atoms with E-state index in [9.17, 15) is 0 Å². The van der Waals surface area contributed by atoms with Crippen LogP contribution in [0.5, 0.6) is 0 Å². The number of piperidine rings is 1. The molecular weight excluding hydrogens is 236 g/mol. The van der Waals surface area contributed by atoms with Crippen LogP contribution >= 0.6 is 0 Å². The molecule has 1 aromatic rings. The van der Waals surface area contributed by atoms with E-state index in [0.29, 0.717) is 0 Å². The highest BCUT2D eigenvalue weighted by atomic mass is 15.3. The maximum absolute atomic E-state index is 4.38. The molecule has 0 amide bonds. The number of likely N-dealkylation sites (tertiary alicyclic amines) is 1. The smallest absolute Gasteiger partial charge is 0.193 e. The third kappa shape index (κ3) is 4.23. The van der Waals surface area contributed by atoms with Crippen LogP contribution in [0.2, 0.25) is 0 Å². The predicted molar refractivity (Wildman–Crippen MR) is 79.3 cm³/mol. The molecule has 4 heteroatoms. The molecule has 1 aromatic heterocycles. The molecule has 0 radical (unpaired) electrons. The SMILES string of the molecule is CN=C(NCCc1cccnc1)N1CCC(C)CC1. The lowest BCUT2D eigenvalue weighted by molar-refractivity contribution is 0.273. The van der Waals surface area contributed by atoms with Crippen molar-refractivity contribution in [2.45, 2.75) is 26.2 Å². The molecule has 1 aliphatic heterocycles. The van der Waals surface area contributed by atoms with Crippen molar-refractivity contribution in [1.29, 1.82) is 0 Å². The lowest BCUT2D eigenvalue weighted by Gasteiger charge is -2.32. The van der Waals surface area contributed by atoms with Crippen molar-refractivity contribution in [3.05, 3.63) is 30.1 Å². The highest BCUT2D eigenvalue weighted by molar-refractivity contribution is 5.79. The summed E-state index contributed by atoms with van der Waals surface area (Å²) in [4.78, 5) is 10.9. The molecule has 1 N–H and O–H groups in total. The van der Waals surface area contributed by atoms with Gasteiger partial charge in [0.25, 0.3) is 0 Å². The van der Waals surface area contributed by atoms with Gasteiger partial charge in [-0.1, -0.05) is 13.0 Å². The largest absolute Gasteiger partial charge is 0.356 e. The Balaban J connectivity index is 1.77. The second-order valence-corrected chi connectivity index (χ2v) is 5.25. The Hall–Kier alpha value is -1.58. The van der Waals surface area contributed by atoms with Crippen LogP contribution in [-0.4, -0.2) is 42.5 Å². The number of nitrogens with zero attached hydrogens (tertiary/aromatic N) is 3. The molecule has 2 heterocycles. The van der Waals surface area contributed by atoms with Crippen molar-refractivity contribution in [1.82, 2.24) is 15.2 Å². The second-order valence-electron chi connectivity index (χ2n) is 5.25. The number of rotatable bonds is 3. The van der Waals surface area contributed by atoms with Crippen molar-refractivity contribution < 1.29 is 0 Å². The van der Waals surface area contributed by atoms with Gasteiger partial charge in [-0.15, -0.1) is 0 Å². The van der Waals surface area contributed by atoms with E-state index < -0.39 is 0 Å². The zero-order chi connectivity index (χ0) is 13.5. The van der Waals surface area contributed by atoms with Crippen LogP contribution < -0.4 is 5.32 Å². The third-order valence-corrected chi connectivity index (χ3v) is 3.71. The van der Waals surface area contributed by atoms with Gasteiger partial charge in [0.2, 0.25) is 0 Å². The first-order chi connectivity index (χ1) is 9.29. The molecule has 2 rings (SSSR count). The Labute approximate surface area is 115 Å². The molecule has 0 saturated carbocycles. The molecular formula is C15H24N4. The first-order valence-corrected chi connectivity index (χ1v) is 7.14. The summed E-state index contributed by atoms with van der Waals surface area (Å²) < 4.78 is 0. The zero-order valence-electron chi connectivity index (χ0n) is 12.0. The van der Waals surface area contributed by atoms with E-state index in [1.54, 1.807) is 0 Å². The number of aliphatic imine (C=N–C) groups is 1. The topological polar surface area (TPSA) is 40.5 Å². The van der Waals surface area contributed by atoms with Crippen LogP contribution in [0.1, 0.15) is 25.3 Å². The predicted octanol–water partition coefficient (Wildman–Crippen LogP) is 1.93. The minimum Gasteiger partial charge on any atom is -0.356 e. The van der Waals surface area contributed by atoms with E-state index in [2.05, 4.69) is 33.2 Å². The van der Waals surface area contributed by atoms with Gasteiger partial charge in [-0.3, -0.25) is 9.98 Å². The molecule has 4 nitrogen and oxygen atoms in total. The van der Waals surface area contributed by atoms with E-state index in [1.165, 1.54) is 18.4 Å². The normalized spacial score (nSPS) is 17.6. The van der Waals surface area contributed by atoms with Gasteiger partial charge in [0.1, 0.15) is 0 Å². The molecule has 0 atom stereocenters. The number of nitrogens with one attached hydrogen (secondary N) is 1. The number of hydrogen-bond acceptors (Lipinski definition) is 2. The van der Waals surface area contributed by atoms with Crippen LogP contribution in [-0.2, 0) is 6.42 Å². The Kier molecular flexibility index (Phi) is 5.19. The molecule has 1 fully saturated rings. The summed E-state index contributed by atoms with van der Waals surface area (Å²) in [6.07, 6.45) is 7.25. The number of aromatic nitrogens is 1. The van der Waals surface area contributed by atoms with Crippen molar-refractivity contribution >= 4 is 5.96 Å². The Morgan fingerprint density at radius 3 is 2.89 bits per heavy atom. The van der Waals surface area contributed by atoms with Gasteiger partial charge in [0.15, 0.2) is 5.96 Å². The van der Waals surface area contributed by atoms with E-state index in [-0.39, 0.29) is 0 Å². The van der Waals surface area contributed by atoms with E-state index in [1.807, 2.05) is 25.5 Å². The molecule has 0 unspecified atom stereocenters. The lowest BCUT2D eigenvalue weighted by atomic mass is 10.00. The van der Waals surface area contributed by atoms with Crippen molar-refractivity contribution in [2.75, 3.05) is 26.7 Å². The van der Waals surface area contributed by atoms with Gasteiger partial charge in [-0.2, -0.15) is 0 Å². The second kappa shape index (κ2) is 7.12. The highest BCUT2D eigenvalue weighted by Crippen LogP contribution is 2.15. The fourth-order valence-corrected chi connectivity index (χ4v) is 2.42. The van der Waals surface area contributed by atoms with Gasteiger partial charge in [0.05, 0.1) is 0 Å². The number of guanidine groups is 1. The molecule has 104 valence electrons. The van der Waals surface area contributed by atoms with Crippen LogP contribution in [0.3, 0.4) is 0 Å². The van der Waals surface area contributed by atoms with Gasteiger partial charge in [-0.25, -0.2) is 0 Å². The van der Waals surface area contributed by atoms with Gasteiger partial charge in [0, 0.05) is 39.1 Å². The number of pyridine rings is 1. The van der Waals surface area contributed by atoms with Crippen molar-refractivity contribution in [2.24, 2.45) is 10.9 Å². The first kappa shape index (κ1) is 13.8. The Morgan fingerprint density at radius 2 is 2.26 bits per heavy atom. The molecule has 0 spiro atoms. The molecule has 0 bridgehead atoms. The fourth-order valence-electron chi connectivity index (χ4n) is 2.42. The maximum atomic E-state index is 4.38. The number of hydrogen-bond donors (Lipinski definition) is 1. The molecule has 19 heavy (non-hydrogen) atoms. The summed E-state index contributed by atoms with van der Waals surface area (Å²) in [5.74, 6) is 1.89. The molecule has 0 aliphatic carbocycles. The Morgan fingerprint density at radius 1 is 1.47 bits per heavy atom. The first-order valence-electron chi connectivity index (χ1n) is 7.14. The van der Waals surface area contributed by atoms with E-state index >= 15 is 0 Å². The third-order valence-electron chi connectivity index (χ3n) is 3.71. The minimum atomic E-state index is 0.852. The molecule has 1 saturated heterocycles. The summed E-state index contributed by atoms with van der Waals surface area (Å²) in [5, 5.41) is 3.45. The summed E-state index contributed by atoms with van der Waals surface area (Å²) in [6.45, 7) is 5.47. The van der Waals surface area contributed by atoms with Crippen molar-refractivity contribution in [3.8, 4) is 0 Å². The van der Waals surface area contributed by atoms with Gasteiger partial charge < -0.3 is 10.2 Å².